The summed E-state index contributed by atoms with van der Waals surface area (Å²) in [7, 11) is 2.08. The number of anilines is 3. The van der Waals surface area contributed by atoms with E-state index in [9.17, 15) is 4.79 Å². The maximum atomic E-state index is 12.6. The Morgan fingerprint density at radius 2 is 1.95 bits per heavy atom. The molecule has 2 aromatic carbocycles. The fraction of sp³-hybridized carbons (Fsp3) is 0.200. The second-order valence-corrected chi connectivity index (χ2v) is 9.76. The van der Waals surface area contributed by atoms with Gasteiger partial charge in [-0.15, -0.1) is 0 Å². The SMILES string of the molecule is Cc1cc(Nc2ncnc3ccc(NC(=O)/C=C/C4CCCN4C)cc23)ccc1Oc1ccn2ccnc2c1. The van der Waals surface area contributed by atoms with Crippen LogP contribution in [0.2, 0.25) is 0 Å². The molecule has 0 radical (unpaired) electrons. The zero-order valence-corrected chi connectivity index (χ0v) is 21.8. The van der Waals surface area contributed by atoms with Crippen molar-refractivity contribution in [3.8, 4) is 11.5 Å². The quantitative estimate of drug-likeness (QED) is 0.266. The molecule has 0 aliphatic carbocycles. The maximum absolute atomic E-state index is 12.6. The van der Waals surface area contributed by atoms with Gasteiger partial charge in [-0.25, -0.2) is 15.0 Å². The number of nitrogens with one attached hydrogen (secondary N) is 2. The van der Waals surface area contributed by atoms with E-state index in [4.69, 9.17) is 4.74 Å². The van der Waals surface area contributed by atoms with Gasteiger partial charge in [0.15, 0.2) is 0 Å². The monoisotopic (exact) mass is 519 g/mol. The minimum atomic E-state index is -0.154. The van der Waals surface area contributed by atoms with Crippen LogP contribution in [0.3, 0.4) is 0 Å². The summed E-state index contributed by atoms with van der Waals surface area (Å²) >= 11 is 0. The number of fused-ring (bicyclic) bond motifs is 2. The Bertz CT molecular complexity index is 1690. The van der Waals surface area contributed by atoms with Crippen LogP contribution < -0.4 is 15.4 Å². The van der Waals surface area contributed by atoms with Gasteiger partial charge in [-0.2, -0.15) is 0 Å². The van der Waals surface area contributed by atoms with E-state index < -0.39 is 0 Å². The molecule has 6 rings (SSSR count). The number of aromatic nitrogens is 4. The molecule has 196 valence electrons. The lowest BCUT2D eigenvalue weighted by atomic mass is 10.1. The minimum absolute atomic E-state index is 0.154. The normalized spacial score (nSPS) is 15.8. The molecule has 2 N–H and O–H groups in total. The second-order valence-electron chi connectivity index (χ2n) is 9.76. The lowest BCUT2D eigenvalue weighted by molar-refractivity contribution is -0.111. The summed E-state index contributed by atoms with van der Waals surface area (Å²) in [4.78, 5) is 28.0. The predicted octanol–water partition coefficient (Wildman–Crippen LogP) is 5.71. The Morgan fingerprint density at radius 1 is 1.05 bits per heavy atom. The van der Waals surface area contributed by atoms with Crippen LogP contribution in [0.1, 0.15) is 18.4 Å². The van der Waals surface area contributed by atoms with Crippen molar-refractivity contribution in [2.75, 3.05) is 24.2 Å². The minimum Gasteiger partial charge on any atom is -0.457 e. The van der Waals surface area contributed by atoms with Crippen molar-refractivity contribution in [3.05, 3.63) is 91.2 Å². The first-order valence-electron chi connectivity index (χ1n) is 12.9. The Morgan fingerprint density at radius 3 is 2.79 bits per heavy atom. The summed E-state index contributed by atoms with van der Waals surface area (Å²) in [6.07, 6.45) is 12.9. The number of aryl methyl sites for hydroxylation is 1. The van der Waals surface area contributed by atoms with Crippen LogP contribution in [0, 0.1) is 6.92 Å². The smallest absolute Gasteiger partial charge is 0.248 e. The van der Waals surface area contributed by atoms with Crippen LogP contribution in [-0.2, 0) is 4.79 Å². The molecule has 3 aromatic heterocycles. The zero-order chi connectivity index (χ0) is 26.8. The van der Waals surface area contributed by atoms with Crippen LogP contribution >= 0.6 is 0 Å². The number of amides is 1. The topological polar surface area (TPSA) is 96.7 Å². The molecule has 4 heterocycles. The summed E-state index contributed by atoms with van der Waals surface area (Å²) in [5, 5.41) is 7.16. The van der Waals surface area contributed by atoms with E-state index in [-0.39, 0.29) is 5.91 Å². The molecule has 0 bridgehead atoms. The van der Waals surface area contributed by atoms with Crippen LogP contribution in [0.15, 0.2) is 85.6 Å². The van der Waals surface area contributed by atoms with Gasteiger partial charge in [0.2, 0.25) is 5.91 Å². The molecule has 1 amide bonds. The number of nitrogens with zero attached hydrogens (tertiary/aromatic N) is 5. The van der Waals surface area contributed by atoms with Gasteiger partial charge >= 0.3 is 0 Å². The Labute approximate surface area is 226 Å². The average Bonchev–Trinajstić information content (AvgIpc) is 3.57. The molecule has 1 atom stereocenters. The Balaban J connectivity index is 1.18. The number of hydrogen-bond acceptors (Lipinski definition) is 7. The summed E-state index contributed by atoms with van der Waals surface area (Å²) < 4.78 is 8.05. The third kappa shape index (κ3) is 5.44. The lowest BCUT2D eigenvalue weighted by Crippen LogP contribution is -2.23. The number of carbonyl (C=O) groups is 1. The van der Waals surface area contributed by atoms with Crippen molar-refractivity contribution in [2.45, 2.75) is 25.8 Å². The molecule has 9 heteroatoms. The highest BCUT2D eigenvalue weighted by Crippen LogP contribution is 2.31. The van der Waals surface area contributed by atoms with Crippen molar-refractivity contribution >= 4 is 39.6 Å². The van der Waals surface area contributed by atoms with Gasteiger partial charge in [0, 0.05) is 53.5 Å². The van der Waals surface area contributed by atoms with E-state index in [1.807, 2.05) is 78.3 Å². The molecular formula is C30H29N7O2. The van der Waals surface area contributed by atoms with E-state index in [0.717, 1.165) is 58.7 Å². The van der Waals surface area contributed by atoms with Crippen molar-refractivity contribution in [3.63, 3.8) is 0 Å². The molecular weight excluding hydrogens is 490 g/mol. The van der Waals surface area contributed by atoms with Crippen LogP contribution in [0.25, 0.3) is 16.6 Å². The molecule has 0 saturated carbocycles. The number of carbonyl (C=O) groups excluding carboxylic acids is 1. The van der Waals surface area contributed by atoms with Gasteiger partial charge < -0.3 is 19.8 Å². The highest BCUT2D eigenvalue weighted by atomic mass is 16.5. The summed E-state index contributed by atoms with van der Waals surface area (Å²) in [6, 6.07) is 15.6. The van der Waals surface area contributed by atoms with Gasteiger partial charge in [-0.1, -0.05) is 6.08 Å². The molecule has 39 heavy (non-hydrogen) atoms. The van der Waals surface area contributed by atoms with Crippen LogP contribution in [0.5, 0.6) is 11.5 Å². The van der Waals surface area contributed by atoms with Gasteiger partial charge in [-0.05, 0) is 81.4 Å². The second kappa shape index (κ2) is 10.5. The van der Waals surface area contributed by atoms with Crippen molar-refractivity contribution < 1.29 is 9.53 Å². The van der Waals surface area contributed by atoms with Gasteiger partial charge in [0.1, 0.15) is 29.3 Å². The number of benzene rings is 2. The number of hydrogen-bond donors (Lipinski definition) is 2. The molecule has 5 aromatic rings. The highest BCUT2D eigenvalue weighted by Gasteiger charge is 2.18. The van der Waals surface area contributed by atoms with Crippen LogP contribution in [0.4, 0.5) is 17.2 Å². The first kappa shape index (κ1) is 24.6. The molecule has 9 nitrogen and oxygen atoms in total. The third-order valence-electron chi connectivity index (χ3n) is 6.98. The summed E-state index contributed by atoms with van der Waals surface area (Å²) in [5.41, 5.74) is 4.12. The average molecular weight is 520 g/mol. The van der Waals surface area contributed by atoms with E-state index in [1.54, 1.807) is 12.3 Å². The number of pyridine rings is 1. The fourth-order valence-electron chi connectivity index (χ4n) is 4.86. The number of likely N-dealkylation sites (tertiary alicyclic amines) is 1. The van der Waals surface area contributed by atoms with Gasteiger partial charge in [-0.3, -0.25) is 9.69 Å². The number of imidazole rings is 1. The maximum Gasteiger partial charge on any atom is 0.248 e. The van der Waals surface area contributed by atoms with Crippen molar-refractivity contribution in [1.29, 1.82) is 0 Å². The highest BCUT2D eigenvalue weighted by molar-refractivity contribution is 6.02. The number of rotatable bonds is 7. The van der Waals surface area contributed by atoms with Crippen molar-refractivity contribution in [2.24, 2.45) is 0 Å². The zero-order valence-electron chi connectivity index (χ0n) is 21.8. The Kier molecular flexibility index (Phi) is 6.64. The number of likely N-dealkylation sites (N-methyl/N-ethyl adjacent to an activating group) is 1. The van der Waals surface area contributed by atoms with Crippen LogP contribution in [-0.4, -0.2) is 49.8 Å². The largest absolute Gasteiger partial charge is 0.457 e. The molecule has 0 spiro atoms. The van der Waals surface area contributed by atoms with Gasteiger partial charge in [0.25, 0.3) is 0 Å². The first-order chi connectivity index (χ1) is 19.0. The predicted molar refractivity (Wildman–Crippen MR) is 153 cm³/mol. The fourth-order valence-corrected chi connectivity index (χ4v) is 4.86. The Hall–Kier alpha value is -4.76. The molecule has 1 saturated heterocycles. The molecule has 1 fully saturated rings. The summed E-state index contributed by atoms with van der Waals surface area (Å²) in [5.74, 6) is 1.97. The van der Waals surface area contributed by atoms with Crippen molar-refractivity contribution in [1.82, 2.24) is 24.3 Å². The molecule has 1 aliphatic heterocycles. The van der Waals surface area contributed by atoms with E-state index in [1.165, 1.54) is 6.33 Å². The van der Waals surface area contributed by atoms with E-state index in [0.29, 0.717) is 17.5 Å². The standard InChI is InChI=1S/C30H29N7O2/c1-20-16-21(6-9-27(20)39-24-11-14-37-15-12-31-28(37)18-24)35-30-25-17-22(5-8-26(25)32-19-33-30)34-29(38)10-7-23-4-3-13-36(23)2/h5-12,14-19,23H,3-4,13H2,1-2H3,(H,34,38)(H,32,33,35)/b10-7+. The third-order valence-corrected chi connectivity index (χ3v) is 6.98. The van der Waals surface area contributed by atoms with E-state index in [2.05, 4.69) is 37.5 Å². The van der Waals surface area contributed by atoms with Gasteiger partial charge in [0.05, 0.1) is 5.52 Å². The lowest BCUT2D eigenvalue weighted by Gasteiger charge is -2.14. The van der Waals surface area contributed by atoms with E-state index >= 15 is 0 Å². The molecule has 1 unspecified atom stereocenters. The summed E-state index contributed by atoms with van der Waals surface area (Å²) in [6.45, 7) is 3.06. The molecule has 1 aliphatic rings. The first-order valence-corrected chi connectivity index (χ1v) is 12.9. The number of ether oxygens (including phenoxy) is 1.